The van der Waals surface area contributed by atoms with E-state index >= 15 is 0 Å². The first-order valence-electron chi connectivity index (χ1n) is 7.75. The molecule has 26 heavy (non-hydrogen) atoms. The van der Waals surface area contributed by atoms with Crippen molar-refractivity contribution < 1.29 is 19.1 Å². The largest absolute Gasteiger partial charge is 0.424 e. The van der Waals surface area contributed by atoms with Crippen LogP contribution in [0.3, 0.4) is 0 Å². The molecule has 2 aromatic carbocycles. The molecule has 0 saturated carbocycles. The van der Waals surface area contributed by atoms with Crippen LogP contribution in [0.5, 0.6) is 5.75 Å². The lowest BCUT2D eigenvalue weighted by Crippen LogP contribution is -2.06. The van der Waals surface area contributed by atoms with E-state index in [9.17, 15) is 9.59 Å². The molecule has 3 rings (SSSR count). The Kier molecular flexibility index (Phi) is 5.68. The number of cyclic esters (lactones) is 1. The first-order valence-corrected chi connectivity index (χ1v) is 9.34. The predicted molar refractivity (Wildman–Crippen MR) is 105 cm³/mol. The number of halogens is 2. The van der Waals surface area contributed by atoms with Gasteiger partial charge >= 0.3 is 11.9 Å². The van der Waals surface area contributed by atoms with Crippen molar-refractivity contribution in [1.29, 1.82) is 0 Å². The summed E-state index contributed by atoms with van der Waals surface area (Å²) in [6.07, 6.45) is 1.88. The van der Waals surface area contributed by atoms with Crippen molar-refractivity contribution in [1.82, 2.24) is 0 Å². The van der Waals surface area contributed by atoms with Crippen LogP contribution >= 0.6 is 31.9 Å². The van der Waals surface area contributed by atoms with E-state index in [1.807, 2.05) is 30.3 Å². The van der Waals surface area contributed by atoms with Gasteiger partial charge in [0.2, 0.25) is 5.90 Å². The highest BCUT2D eigenvalue weighted by Gasteiger charge is 2.24. The Morgan fingerprint density at radius 1 is 1.19 bits per heavy atom. The zero-order chi connectivity index (χ0) is 18.7. The van der Waals surface area contributed by atoms with E-state index in [0.717, 1.165) is 5.56 Å². The molecule has 2 aromatic rings. The van der Waals surface area contributed by atoms with Crippen LogP contribution in [0, 0.1) is 0 Å². The number of carbonyl (C=O) groups excluding carboxylic acids is 2. The molecule has 0 atom stereocenters. The van der Waals surface area contributed by atoms with Crippen LogP contribution in [-0.4, -0.2) is 17.8 Å². The van der Waals surface area contributed by atoms with E-state index in [1.54, 1.807) is 25.1 Å². The van der Waals surface area contributed by atoms with Gasteiger partial charge in [0.1, 0.15) is 0 Å². The lowest BCUT2D eigenvalue weighted by Gasteiger charge is -2.09. The molecular weight excluding hydrogens is 466 g/mol. The van der Waals surface area contributed by atoms with Crippen molar-refractivity contribution in [3.8, 4) is 5.75 Å². The van der Waals surface area contributed by atoms with Crippen LogP contribution in [0.25, 0.3) is 6.08 Å². The van der Waals surface area contributed by atoms with Gasteiger partial charge < -0.3 is 9.47 Å². The van der Waals surface area contributed by atoms with Gasteiger partial charge in [0, 0.05) is 12.0 Å². The quantitative estimate of drug-likeness (QED) is 0.357. The fraction of sp³-hybridized carbons (Fsp3) is 0.105. The van der Waals surface area contributed by atoms with E-state index in [4.69, 9.17) is 9.47 Å². The molecule has 0 radical (unpaired) electrons. The monoisotopic (exact) mass is 477 g/mol. The summed E-state index contributed by atoms with van der Waals surface area (Å²) in [6.45, 7) is 1.72. The van der Waals surface area contributed by atoms with Crippen molar-refractivity contribution in [3.05, 3.63) is 68.2 Å². The maximum Gasteiger partial charge on any atom is 0.363 e. The molecular formula is C19H13Br2NO4. The van der Waals surface area contributed by atoms with Gasteiger partial charge in [-0.05, 0) is 67.8 Å². The van der Waals surface area contributed by atoms with Crippen molar-refractivity contribution >= 4 is 55.8 Å². The second-order valence-electron chi connectivity index (χ2n) is 5.34. The Balaban J connectivity index is 1.91. The van der Waals surface area contributed by atoms with Crippen LogP contribution < -0.4 is 4.74 Å². The van der Waals surface area contributed by atoms with Gasteiger partial charge in [-0.25, -0.2) is 9.79 Å². The first kappa shape index (κ1) is 18.5. The van der Waals surface area contributed by atoms with E-state index < -0.39 is 5.97 Å². The molecule has 0 bridgehead atoms. The Hall–Kier alpha value is -2.25. The van der Waals surface area contributed by atoms with Crippen LogP contribution in [0.4, 0.5) is 0 Å². The zero-order valence-corrected chi connectivity index (χ0v) is 16.8. The van der Waals surface area contributed by atoms with E-state index in [1.165, 1.54) is 0 Å². The number of rotatable bonds is 4. The van der Waals surface area contributed by atoms with E-state index in [0.29, 0.717) is 20.3 Å². The minimum absolute atomic E-state index is 0.195. The molecule has 0 amide bonds. The van der Waals surface area contributed by atoms with Crippen LogP contribution in [0.2, 0.25) is 0 Å². The average molecular weight is 479 g/mol. The van der Waals surface area contributed by atoms with Gasteiger partial charge in [0.25, 0.3) is 0 Å². The van der Waals surface area contributed by atoms with Gasteiger partial charge in [-0.2, -0.15) is 0 Å². The molecule has 1 aliphatic heterocycles. The molecule has 5 nitrogen and oxygen atoms in total. The van der Waals surface area contributed by atoms with E-state index in [2.05, 4.69) is 36.9 Å². The Morgan fingerprint density at radius 3 is 2.46 bits per heavy atom. The summed E-state index contributed by atoms with van der Waals surface area (Å²) < 4.78 is 11.7. The number of hydrogen-bond acceptors (Lipinski definition) is 5. The average Bonchev–Trinajstić information content (AvgIpc) is 2.99. The summed E-state index contributed by atoms with van der Waals surface area (Å²) in [5.74, 6) is -0.193. The second kappa shape index (κ2) is 7.97. The minimum Gasteiger partial charge on any atom is -0.424 e. The molecule has 0 fully saturated rings. The molecule has 0 spiro atoms. The van der Waals surface area contributed by atoms with Crippen LogP contribution in [0.15, 0.2) is 62.1 Å². The Bertz CT molecular complexity index is 913. The van der Waals surface area contributed by atoms with Gasteiger partial charge in [-0.3, -0.25) is 4.79 Å². The SMILES string of the molecule is CCC(=O)Oc1c(Br)cc(/C=C2\N=C(c3ccccc3)OC2=O)cc1Br. The maximum absolute atomic E-state index is 12.1. The summed E-state index contributed by atoms with van der Waals surface area (Å²) >= 11 is 6.76. The van der Waals surface area contributed by atoms with Gasteiger partial charge in [-0.1, -0.05) is 25.1 Å². The highest BCUT2D eigenvalue weighted by Crippen LogP contribution is 2.36. The summed E-state index contributed by atoms with van der Waals surface area (Å²) in [7, 11) is 0. The van der Waals surface area contributed by atoms with Gasteiger partial charge in [0.05, 0.1) is 8.95 Å². The Morgan fingerprint density at radius 2 is 1.85 bits per heavy atom. The topological polar surface area (TPSA) is 65.0 Å². The number of ether oxygens (including phenoxy) is 2. The summed E-state index contributed by atoms with van der Waals surface area (Å²) in [5.41, 5.74) is 1.62. The first-order chi connectivity index (χ1) is 12.5. The standard InChI is InChI=1S/C19H13Br2NO4/c1-2-16(23)25-17-13(20)8-11(9-14(17)21)10-15-19(24)26-18(22-15)12-6-4-3-5-7-12/h3-10H,2H2,1H3/b15-10-. The van der Waals surface area contributed by atoms with Gasteiger partial charge in [-0.15, -0.1) is 0 Å². The third-order valence-electron chi connectivity index (χ3n) is 3.47. The van der Waals surface area contributed by atoms with Crippen molar-refractivity contribution in [2.75, 3.05) is 0 Å². The van der Waals surface area contributed by atoms with Crippen LogP contribution in [-0.2, 0) is 14.3 Å². The molecule has 1 aliphatic rings. The van der Waals surface area contributed by atoms with Gasteiger partial charge in [0.15, 0.2) is 11.4 Å². The second-order valence-corrected chi connectivity index (χ2v) is 7.05. The Labute approximate surface area is 167 Å². The molecule has 0 N–H and O–H groups in total. The highest BCUT2D eigenvalue weighted by molar-refractivity contribution is 9.11. The number of carbonyl (C=O) groups is 2. The summed E-state index contributed by atoms with van der Waals surface area (Å²) in [4.78, 5) is 27.9. The normalized spacial score (nSPS) is 15.0. The number of nitrogens with zero attached hydrogens (tertiary/aromatic N) is 1. The fourth-order valence-corrected chi connectivity index (χ4v) is 3.60. The molecule has 1 heterocycles. The number of hydrogen-bond donors (Lipinski definition) is 0. The molecule has 0 unspecified atom stereocenters. The molecule has 0 aliphatic carbocycles. The third-order valence-corrected chi connectivity index (χ3v) is 4.65. The molecule has 132 valence electrons. The number of benzene rings is 2. The number of esters is 2. The highest BCUT2D eigenvalue weighted by atomic mass is 79.9. The van der Waals surface area contributed by atoms with Crippen molar-refractivity contribution in [2.45, 2.75) is 13.3 Å². The minimum atomic E-state index is -0.516. The third kappa shape index (κ3) is 4.11. The van der Waals surface area contributed by atoms with Crippen molar-refractivity contribution in [2.24, 2.45) is 4.99 Å². The molecule has 7 heteroatoms. The summed E-state index contributed by atoms with van der Waals surface area (Å²) in [6, 6.07) is 12.7. The smallest absolute Gasteiger partial charge is 0.363 e. The molecule has 0 aromatic heterocycles. The fourth-order valence-electron chi connectivity index (χ4n) is 2.22. The lowest BCUT2D eigenvalue weighted by atomic mass is 10.2. The predicted octanol–water partition coefficient (Wildman–Crippen LogP) is 4.87. The zero-order valence-electron chi connectivity index (χ0n) is 13.7. The maximum atomic E-state index is 12.1. The lowest BCUT2D eigenvalue weighted by molar-refractivity contribution is -0.134. The van der Waals surface area contributed by atoms with Crippen LogP contribution in [0.1, 0.15) is 24.5 Å². The molecule has 0 saturated heterocycles. The van der Waals surface area contributed by atoms with Crippen molar-refractivity contribution in [3.63, 3.8) is 0 Å². The summed E-state index contributed by atoms with van der Waals surface area (Å²) in [5, 5.41) is 0. The van der Waals surface area contributed by atoms with E-state index in [-0.39, 0.29) is 24.0 Å². The number of aliphatic imine (C=N–C) groups is 1.